The SMILES string of the molecule is O=S(=O)(Cl)c1ccc(OCCOC(F)(F)F)c(Cl)c1Cl. The Morgan fingerprint density at radius 2 is 1.70 bits per heavy atom. The lowest BCUT2D eigenvalue weighted by atomic mass is 10.3. The van der Waals surface area contributed by atoms with Crippen molar-refractivity contribution in [1.82, 2.24) is 0 Å². The van der Waals surface area contributed by atoms with Gasteiger partial charge in [0.25, 0.3) is 9.05 Å². The van der Waals surface area contributed by atoms with Crippen molar-refractivity contribution in [3.63, 3.8) is 0 Å². The van der Waals surface area contributed by atoms with Gasteiger partial charge in [0.15, 0.2) is 0 Å². The summed E-state index contributed by atoms with van der Waals surface area (Å²) >= 11 is 11.4. The Kier molecular flexibility index (Phi) is 5.79. The highest BCUT2D eigenvalue weighted by atomic mass is 35.7. The van der Waals surface area contributed by atoms with Crippen molar-refractivity contribution in [3.05, 3.63) is 22.2 Å². The molecule has 0 radical (unpaired) electrons. The van der Waals surface area contributed by atoms with Crippen LogP contribution >= 0.6 is 33.9 Å². The summed E-state index contributed by atoms with van der Waals surface area (Å²) < 4.78 is 65.7. The van der Waals surface area contributed by atoms with Gasteiger partial charge in [-0.1, -0.05) is 23.2 Å². The molecule has 0 aliphatic rings. The van der Waals surface area contributed by atoms with Gasteiger partial charge in [-0.15, -0.1) is 13.2 Å². The standard InChI is InChI=1S/C9H6Cl3F3O4S/c10-7-5(18-3-4-19-9(13,14)15)1-2-6(8(7)11)20(12,16)17/h1-2H,3-4H2. The molecule has 4 nitrogen and oxygen atoms in total. The van der Waals surface area contributed by atoms with E-state index in [1.807, 2.05) is 0 Å². The fraction of sp³-hybridized carbons (Fsp3) is 0.333. The number of ether oxygens (including phenoxy) is 2. The van der Waals surface area contributed by atoms with E-state index in [4.69, 9.17) is 38.6 Å². The molecule has 0 saturated carbocycles. The molecule has 0 aliphatic carbocycles. The van der Waals surface area contributed by atoms with E-state index < -0.39 is 33.5 Å². The maximum absolute atomic E-state index is 11.7. The molecule has 0 bridgehead atoms. The van der Waals surface area contributed by atoms with E-state index in [2.05, 4.69) is 4.74 Å². The van der Waals surface area contributed by atoms with Crippen LogP contribution < -0.4 is 4.74 Å². The molecule has 11 heteroatoms. The Morgan fingerprint density at radius 1 is 1.10 bits per heavy atom. The molecule has 1 aromatic rings. The van der Waals surface area contributed by atoms with Crippen LogP contribution in [-0.4, -0.2) is 28.0 Å². The Labute approximate surface area is 126 Å². The zero-order valence-electron chi connectivity index (χ0n) is 9.38. The van der Waals surface area contributed by atoms with Crippen LogP contribution in [0.4, 0.5) is 13.2 Å². The van der Waals surface area contributed by atoms with Crippen molar-refractivity contribution in [1.29, 1.82) is 0 Å². The highest BCUT2D eigenvalue weighted by Crippen LogP contribution is 2.37. The molecule has 0 N–H and O–H groups in total. The molecule has 0 amide bonds. The molecule has 0 fully saturated rings. The normalized spacial score (nSPS) is 12.5. The molecule has 114 valence electrons. The molecule has 20 heavy (non-hydrogen) atoms. The summed E-state index contributed by atoms with van der Waals surface area (Å²) in [6.07, 6.45) is -4.76. The number of halogens is 6. The van der Waals surface area contributed by atoms with E-state index in [-0.39, 0.29) is 15.8 Å². The number of hydrogen-bond acceptors (Lipinski definition) is 4. The maximum atomic E-state index is 11.7. The molecule has 0 unspecified atom stereocenters. The van der Waals surface area contributed by atoms with Crippen LogP contribution in [0.25, 0.3) is 0 Å². The van der Waals surface area contributed by atoms with E-state index in [1.165, 1.54) is 0 Å². The molecule has 1 rings (SSSR count). The third kappa shape index (κ3) is 5.17. The minimum absolute atomic E-state index is 0.0912. The summed E-state index contributed by atoms with van der Waals surface area (Å²) in [6, 6.07) is 2.15. The zero-order chi connectivity index (χ0) is 15.6. The first-order valence-corrected chi connectivity index (χ1v) is 7.85. The maximum Gasteiger partial charge on any atom is 0.522 e. The second kappa shape index (κ2) is 6.57. The predicted molar refractivity (Wildman–Crippen MR) is 67.0 cm³/mol. The summed E-state index contributed by atoms with van der Waals surface area (Å²) in [7, 11) is 1.02. The second-order valence-corrected chi connectivity index (χ2v) is 6.56. The second-order valence-electron chi connectivity index (χ2n) is 3.27. The number of rotatable bonds is 5. The Morgan fingerprint density at radius 3 is 2.20 bits per heavy atom. The first-order valence-electron chi connectivity index (χ1n) is 4.78. The fourth-order valence-corrected chi connectivity index (χ4v) is 2.91. The molecule has 0 aromatic heterocycles. The minimum Gasteiger partial charge on any atom is -0.490 e. The molecular weight excluding hydrogens is 368 g/mol. The molecule has 0 saturated heterocycles. The highest BCUT2D eigenvalue weighted by molar-refractivity contribution is 8.13. The molecule has 0 atom stereocenters. The van der Waals surface area contributed by atoms with Gasteiger partial charge in [-0.2, -0.15) is 0 Å². The zero-order valence-corrected chi connectivity index (χ0v) is 12.5. The van der Waals surface area contributed by atoms with Gasteiger partial charge in [0.2, 0.25) is 0 Å². The van der Waals surface area contributed by atoms with E-state index in [0.717, 1.165) is 12.1 Å². The number of benzene rings is 1. The monoisotopic (exact) mass is 372 g/mol. The lowest BCUT2D eigenvalue weighted by Crippen LogP contribution is -2.18. The smallest absolute Gasteiger partial charge is 0.490 e. The van der Waals surface area contributed by atoms with E-state index in [1.54, 1.807) is 0 Å². The van der Waals surface area contributed by atoms with Gasteiger partial charge in [-0.3, -0.25) is 4.74 Å². The third-order valence-corrected chi connectivity index (χ3v) is 4.22. The van der Waals surface area contributed by atoms with Crippen molar-refractivity contribution >= 4 is 42.9 Å². The minimum atomic E-state index is -4.76. The van der Waals surface area contributed by atoms with Crippen molar-refractivity contribution in [2.24, 2.45) is 0 Å². The van der Waals surface area contributed by atoms with Crippen molar-refractivity contribution < 1.29 is 31.1 Å². The van der Waals surface area contributed by atoms with Crippen LogP contribution in [0.2, 0.25) is 10.0 Å². The van der Waals surface area contributed by atoms with Gasteiger partial charge in [-0.25, -0.2) is 8.42 Å². The molecule has 0 aliphatic heterocycles. The van der Waals surface area contributed by atoms with Crippen molar-refractivity contribution in [2.75, 3.05) is 13.2 Å². The largest absolute Gasteiger partial charge is 0.522 e. The summed E-state index contributed by atoms with van der Waals surface area (Å²) in [5.41, 5.74) is 0. The lowest BCUT2D eigenvalue weighted by Gasteiger charge is -2.11. The van der Waals surface area contributed by atoms with Gasteiger partial charge < -0.3 is 4.74 Å². The summed E-state index contributed by atoms with van der Waals surface area (Å²) in [6.45, 7) is -1.21. The Hall–Kier alpha value is -0.410. The first-order chi connectivity index (χ1) is 9.02. The third-order valence-electron chi connectivity index (χ3n) is 1.88. The van der Waals surface area contributed by atoms with Gasteiger partial charge in [0.05, 0.1) is 11.6 Å². The van der Waals surface area contributed by atoms with Gasteiger partial charge in [0.1, 0.15) is 22.3 Å². The average molecular weight is 374 g/mol. The van der Waals surface area contributed by atoms with Crippen LogP contribution in [0.3, 0.4) is 0 Å². The summed E-state index contributed by atoms with van der Waals surface area (Å²) in [5, 5.41) is -0.656. The van der Waals surface area contributed by atoms with Crippen LogP contribution in [0, 0.1) is 0 Å². The molecule has 0 spiro atoms. The van der Waals surface area contributed by atoms with Crippen molar-refractivity contribution in [3.8, 4) is 5.75 Å². The Balaban J connectivity index is 2.77. The van der Waals surface area contributed by atoms with Gasteiger partial charge >= 0.3 is 6.36 Å². The van der Waals surface area contributed by atoms with Crippen LogP contribution in [0.15, 0.2) is 17.0 Å². The van der Waals surface area contributed by atoms with Gasteiger partial charge in [0, 0.05) is 10.7 Å². The van der Waals surface area contributed by atoms with Crippen LogP contribution in [0.5, 0.6) is 5.75 Å². The summed E-state index contributed by atoms with van der Waals surface area (Å²) in [5.74, 6) is -0.0912. The molecule has 0 heterocycles. The quantitative estimate of drug-likeness (QED) is 0.581. The molecular formula is C9H6Cl3F3O4S. The topological polar surface area (TPSA) is 52.6 Å². The van der Waals surface area contributed by atoms with E-state index in [0.29, 0.717) is 0 Å². The van der Waals surface area contributed by atoms with E-state index >= 15 is 0 Å². The summed E-state index contributed by atoms with van der Waals surface area (Å²) in [4.78, 5) is -0.426. The van der Waals surface area contributed by atoms with Gasteiger partial charge in [-0.05, 0) is 12.1 Å². The van der Waals surface area contributed by atoms with E-state index in [9.17, 15) is 21.6 Å². The number of hydrogen-bond donors (Lipinski definition) is 0. The van der Waals surface area contributed by atoms with Crippen molar-refractivity contribution in [2.45, 2.75) is 11.3 Å². The highest BCUT2D eigenvalue weighted by Gasteiger charge is 2.28. The van der Waals surface area contributed by atoms with Crippen LogP contribution in [0.1, 0.15) is 0 Å². The lowest BCUT2D eigenvalue weighted by molar-refractivity contribution is -0.325. The number of alkyl halides is 3. The first kappa shape index (κ1) is 17.6. The average Bonchev–Trinajstić information content (AvgIpc) is 2.26. The van der Waals surface area contributed by atoms with Crippen LogP contribution in [-0.2, 0) is 13.8 Å². The predicted octanol–water partition coefficient (Wildman–Crippen LogP) is 3.84. The fourth-order valence-electron chi connectivity index (χ4n) is 1.12. The Bertz CT molecular complexity index is 589. The molecule has 1 aromatic carbocycles.